The van der Waals surface area contributed by atoms with Gasteiger partial charge in [0.2, 0.25) is 5.91 Å². The number of carbonyl (C=O) groups is 3. The van der Waals surface area contributed by atoms with E-state index in [4.69, 9.17) is 0 Å². The molecule has 7 heteroatoms. The third-order valence-corrected chi connectivity index (χ3v) is 6.27. The second-order valence-electron chi connectivity index (χ2n) is 7.32. The molecule has 1 saturated heterocycles. The topological polar surface area (TPSA) is 66.5 Å². The summed E-state index contributed by atoms with van der Waals surface area (Å²) < 4.78 is 13.0. The predicted octanol–water partition coefficient (Wildman–Crippen LogP) is 4.10. The largest absolute Gasteiger partial charge is 0.354 e. The Morgan fingerprint density at radius 3 is 2.73 bits per heavy atom. The standard InChI is InChI=1S/C23H21FN2O3S/c24-17-10-8-15(9-11-17)14-20-22(28)26(23(29)30-20)13-12-25-21(27)19-7-3-5-16-4-1-2-6-18(16)19/h1-2,4,6,8-11,14,19H,3,5,7,12-13H2,(H,25,27)/b20-14-. The molecule has 1 N–H and O–H groups in total. The summed E-state index contributed by atoms with van der Waals surface area (Å²) in [5, 5.41) is 2.51. The number of hydrogen-bond acceptors (Lipinski definition) is 4. The highest BCUT2D eigenvalue weighted by Gasteiger charge is 2.35. The molecule has 30 heavy (non-hydrogen) atoms. The first kappa shape index (κ1) is 20.3. The number of imide groups is 1. The number of halogens is 1. The molecule has 154 valence electrons. The number of aryl methyl sites for hydroxylation is 1. The molecule has 1 fully saturated rings. The molecule has 0 bridgehead atoms. The summed E-state index contributed by atoms with van der Waals surface area (Å²) in [6.07, 6.45) is 4.32. The number of fused-ring (bicyclic) bond motifs is 1. The van der Waals surface area contributed by atoms with Crippen LogP contribution in [0.3, 0.4) is 0 Å². The fourth-order valence-electron chi connectivity index (χ4n) is 3.84. The number of thioether (sulfide) groups is 1. The molecule has 3 amide bonds. The van der Waals surface area contributed by atoms with Gasteiger partial charge in [-0.15, -0.1) is 0 Å². The number of nitrogens with zero attached hydrogens (tertiary/aromatic N) is 1. The molecular formula is C23H21FN2O3S. The van der Waals surface area contributed by atoms with Crippen molar-refractivity contribution in [2.75, 3.05) is 13.1 Å². The highest BCUT2D eigenvalue weighted by atomic mass is 32.2. The van der Waals surface area contributed by atoms with Gasteiger partial charge in [-0.3, -0.25) is 19.3 Å². The zero-order valence-corrected chi connectivity index (χ0v) is 17.1. The average molecular weight is 424 g/mol. The van der Waals surface area contributed by atoms with E-state index in [1.54, 1.807) is 18.2 Å². The number of benzene rings is 2. The maximum absolute atomic E-state index is 13.0. The van der Waals surface area contributed by atoms with Crippen molar-refractivity contribution in [2.45, 2.75) is 25.2 Å². The van der Waals surface area contributed by atoms with Gasteiger partial charge in [0.05, 0.1) is 10.8 Å². The molecule has 1 atom stereocenters. The lowest BCUT2D eigenvalue weighted by molar-refractivity contribution is -0.125. The van der Waals surface area contributed by atoms with Crippen molar-refractivity contribution < 1.29 is 18.8 Å². The molecule has 2 aromatic carbocycles. The second-order valence-corrected chi connectivity index (χ2v) is 8.31. The van der Waals surface area contributed by atoms with Gasteiger partial charge in [-0.1, -0.05) is 36.4 Å². The maximum atomic E-state index is 13.0. The highest BCUT2D eigenvalue weighted by Crippen LogP contribution is 2.33. The summed E-state index contributed by atoms with van der Waals surface area (Å²) in [6, 6.07) is 13.7. The first-order valence-corrected chi connectivity index (χ1v) is 10.7. The van der Waals surface area contributed by atoms with E-state index in [1.165, 1.54) is 17.7 Å². The van der Waals surface area contributed by atoms with Crippen molar-refractivity contribution >= 4 is 34.9 Å². The third kappa shape index (κ3) is 4.31. The molecule has 1 aliphatic carbocycles. The van der Waals surface area contributed by atoms with E-state index in [-0.39, 0.29) is 36.0 Å². The number of rotatable bonds is 5. The molecular weight excluding hydrogens is 403 g/mol. The van der Waals surface area contributed by atoms with Crippen LogP contribution >= 0.6 is 11.8 Å². The molecule has 0 aromatic heterocycles. The fourth-order valence-corrected chi connectivity index (χ4v) is 4.71. The summed E-state index contributed by atoms with van der Waals surface area (Å²) in [6.45, 7) is 0.324. The Labute approximate surface area is 178 Å². The Morgan fingerprint density at radius 2 is 1.93 bits per heavy atom. The molecule has 1 unspecified atom stereocenters. The maximum Gasteiger partial charge on any atom is 0.293 e. The molecule has 2 aliphatic rings. The molecule has 0 radical (unpaired) electrons. The minimum atomic E-state index is -0.397. The van der Waals surface area contributed by atoms with Crippen LogP contribution in [0.4, 0.5) is 9.18 Å². The van der Waals surface area contributed by atoms with Crippen LogP contribution in [0.1, 0.15) is 35.4 Å². The lowest BCUT2D eigenvalue weighted by atomic mass is 9.82. The van der Waals surface area contributed by atoms with E-state index in [9.17, 15) is 18.8 Å². The van der Waals surface area contributed by atoms with Crippen LogP contribution in [0.2, 0.25) is 0 Å². The van der Waals surface area contributed by atoms with Crippen LogP contribution in [0.5, 0.6) is 0 Å². The summed E-state index contributed by atoms with van der Waals surface area (Å²) >= 11 is 0.851. The van der Waals surface area contributed by atoms with Crippen LogP contribution in [-0.2, 0) is 16.0 Å². The van der Waals surface area contributed by atoms with Gasteiger partial charge in [-0.2, -0.15) is 0 Å². The van der Waals surface area contributed by atoms with E-state index in [0.29, 0.717) is 10.5 Å². The zero-order valence-electron chi connectivity index (χ0n) is 16.3. The SMILES string of the molecule is O=C(NCCN1C(=O)S/C(=C\c2ccc(F)cc2)C1=O)C1CCCc2ccccc21. The molecule has 0 saturated carbocycles. The van der Waals surface area contributed by atoms with Crippen LogP contribution in [0.15, 0.2) is 53.4 Å². The minimum absolute atomic E-state index is 0.0732. The zero-order chi connectivity index (χ0) is 21.1. The van der Waals surface area contributed by atoms with E-state index < -0.39 is 5.91 Å². The summed E-state index contributed by atoms with van der Waals surface area (Å²) in [5.41, 5.74) is 2.92. The van der Waals surface area contributed by atoms with Gasteiger partial charge < -0.3 is 5.32 Å². The molecule has 0 spiro atoms. The summed E-state index contributed by atoms with van der Waals surface area (Å²) in [4.78, 5) is 38.9. The van der Waals surface area contributed by atoms with Crippen molar-refractivity contribution in [3.63, 3.8) is 0 Å². The Morgan fingerprint density at radius 1 is 1.17 bits per heavy atom. The van der Waals surface area contributed by atoms with Crippen LogP contribution < -0.4 is 5.32 Å². The summed E-state index contributed by atoms with van der Waals surface area (Å²) in [5.74, 6) is -1.03. The lowest BCUT2D eigenvalue weighted by Gasteiger charge is -2.25. The van der Waals surface area contributed by atoms with E-state index in [1.807, 2.05) is 18.2 Å². The van der Waals surface area contributed by atoms with E-state index in [2.05, 4.69) is 11.4 Å². The Balaban J connectivity index is 1.35. The number of hydrogen-bond donors (Lipinski definition) is 1. The molecule has 1 heterocycles. The first-order chi connectivity index (χ1) is 14.5. The van der Waals surface area contributed by atoms with Gasteiger partial charge in [-0.05, 0) is 65.9 Å². The number of carbonyl (C=O) groups excluding carboxylic acids is 3. The normalized spacial score (nSPS) is 19.8. The smallest absolute Gasteiger partial charge is 0.293 e. The monoisotopic (exact) mass is 424 g/mol. The molecule has 5 nitrogen and oxygen atoms in total. The second kappa shape index (κ2) is 8.83. The molecule has 4 rings (SSSR count). The molecule has 1 aliphatic heterocycles. The van der Waals surface area contributed by atoms with Crippen LogP contribution in [0, 0.1) is 5.82 Å². The number of amides is 3. The van der Waals surface area contributed by atoms with Crippen molar-refractivity contribution in [3.05, 3.63) is 75.9 Å². The van der Waals surface area contributed by atoms with Crippen molar-refractivity contribution in [3.8, 4) is 0 Å². The van der Waals surface area contributed by atoms with E-state index in [0.717, 1.165) is 41.5 Å². The van der Waals surface area contributed by atoms with Crippen LogP contribution in [0.25, 0.3) is 6.08 Å². The predicted molar refractivity (Wildman–Crippen MR) is 114 cm³/mol. The van der Waals surface area contributed by atoms with Crippen molar-refractivity contribution in [2.24, 2.45) is 0 Å². The van der Waals surface area contributed by atoms with Gasteiger partial charge in [-0.25, -0.2) is 4.39 Å². The minimum Gasteiger partial charge on any atom is -0.354 e. The average Bonchev–Trinajstić information content (AvgIpc) is 3.02. The molecule has 2 aromatic rings. The van der Waals surface area contributed by atoms with Crippen LogP contribution in [-0.4, -0.2) is 35.0 Å². The third-order valence-electron chi connectivity index (χ3n) is 5.36. The van der Waals surface area contributed by atoms with E-state index >= 15 is 0 Å². The fraction of sp³-hybridized carbons (Fsp3) is 0.261. The van der Waals surface area contributed by atoms with Crippen molar-refractivity contribution in [1.29, 1.82) is 0 Å². The Hall–Kier alpha value is -2.93. The van der Waals surface area contributed by atoms with Gasteiger partial charge in [0.25, 0.3) is 11.1 Å². The Kier molecular flexibility index (Phi) is 5.99. The van der Waals surface area contributed by atoms with Gasteiger partial charge in [0, 0.05) is 13.1 Å². The highest BCUT2D eigenvalue weighted by molar-refractivity contribution is 8.18. The lowest BCUT2D eigenvalue weighted by Crippen LogP contribution is -2.39. The summed E-state index contributed by atoms with van der Waals surface area (Å²) in [7, 11) is 0. The van der Waals surface area contributed by atoms with Crippen molar-refractivity contribution in [1.82, 2.24) is 10.2 Å². The quantitative estimate of drug-likeness (QED) is 0.734. The Bertz CT molecular complexity index is 1020. The van der Waals surface area contributed by atoms with Gasteiger partial charge >= 0.3 is 0 Å². The van der Waals surface area contributed by atoms with Gasteiger partial charge in [0.15, 0.2) is 0 Å². The number of nitrogens with one attached hydrogen (secondary N) is 1. The first-order valence-electron chi connectivity index (χ1n) is 9.89. The van der Waals surface area contributed by atoms with Gasteiger partial charge in [0.1, 0.15) is 5.82 Å².